The minimum atomic E-state index is -0.852. The van der Waals surface area contributed by atoms with Gasteiger partial charge < -0.3 is 10.1 Å². The first-order valence-electron chi connectivity index (χ1n) is 7.00. The van der Waals surface area contributed by atoms with Crippen LogP contribution in [-0.4, -0.2) is 24.0 Å². The van der Waals surface area contributed by atoms with Crippen LogP contribution in [0.3, 0.4) is 0 Å². The summed E-state index contributed by atoms with van der Waals surface area (Å²) in [4.78, 5) is 24.2. The van der Waals surface area contributed by atoms with Gasteiger partial charge >= 0.3 is 5.97 Å². The monoisotopic (exact) mass is 322 g/mol. The third-order valence-corrected chi connectivity index (χ3v) is 3.13. The Balaban J connectivity index is 2.80. The predicted molar refractivity (Wildman–Crippen MR) is 83.3 cm³/mol. The molecule has 0 saturated carbocycles. The van der Waals surface area contributed by atoms with Crippen LogP contribution in [-0.2, 0) is 9.53 Å². The van der Waals surface area contributed by atoms with Crippen molar-refractivity contribution < 1.29 is 14.3 Å². The van der Waals surface area contributed by atoms with E-state index in [0.717, 1.165) is 0 Å². The first-order valence-corrected chi connectivity index (χ1v) is 7.37. The quantitative estimate of drug-likeness (QED) is 0.817. The SMILES string of the molecule is CC(C)C[C@H](NC(=O)c1ccc(Cl)cc1)C(=O)O[C@@H](C)C#N. The van der Waals surface area contributed by atoms with E-state index in [0.29, 0.717) is 17.0 Å². The van der Waals surface area contributed by atoms with E-state index in [-0.39, 0.29) is 11.8 Å². The second-order valence-corrected chi connectivity index (χ2v) is 5.81. The molecule has 0 aliphatic carbocycles. The fourth-order valence-electron chi connectivity index (χ4n) is 1.81. The number of nitrogens with zero attached hydrogens (tertiary/aromatic N) is 1. The van der Waals surface area contributed by atoms with Crippen molar-refractivity contribution in [2.75, 3.05) is 0 Å². The Morgan fingerprint density at radius 1 is 1.27 bits per heavy atom. The van der Waals surface area contributed by atoms with Gasteiger partial charge in [-0.2, -0.15) is 5.26 Å². The fourth-order valence-corrected chi connectivity index (χ4v) is 1.94. The van der Waals surface area contributed by atoms with Crippen molar-refractivity contribution in [2.45, 2.75) is 39.3 Å². The lowest BCUT2D eigenvalue weighted by Crippen LogP contribution is -2.43. The van der Waals surface area contributed by atoms with Gasteiger partial charge in [-0.15, -0.1) is 0 Å². The molecule has 118 valence electrons. The van der Waals surface area contributed by atoms with Crippen LogP contribution in [0.5, 0.6) is 0 Å². The number of amides is 1. The molecule has 0 heterocycles. The zero-order chi connectivity index (χ0) is 16.7. The van der Waals surface area contributed by atoms with Gasteiger partial charge in [0, 0.05) is 10.6 Å². The van der Waals surface area contributed by atoms with Gasteiger partial charge in [-0.05, 0) is 43.5 Å². The minimum Gasteiger partial charge on any atom is -0.446 e. The van der Waals surface area contributed by atoms with Crippen LogP contribution in [0.25, 0.3) is 0 Å². The molecule has 1 aromatic carbocycles. The summed E-state index contributed by atoms with van der Waals surface area (Å²) in [5, 5.41) is 11.9. The number of carbonyl (C=O) groups is 2. The Bertz CT molecular complexity index is 564. The van der Waals surface area contributed by atoms with Crippen LogP contribution in [0.4, 0.5) is 0 Å². The summed E-state index contributed by atoms with van der Waals surface area (Å²) < 4.78 is 4.98. The maximum Gasteiger partial charge on any atom is 0.329 e. The minimum absolute atomic E-state index is 0.181. The molecule has 1 N–H and O–H groups in total. The number of halogens is 1. The molecule has 0 saturated heterocycles. The number of carbonyl (C=O) groups excluding carboxylic acids is 2. The zero-order valence-electron chi connectivity index (χ0n) is 12.8. The molecule has 1 amide bonds. The molecule has 1 rings (SSSR count). The van der Waals surface area contributed by atoms with Crippen LogP contribution in [0, 0.1) is 17.2 Å². The van der Waals surface area contributed by atoms with E-state index >= 15 is 0 Å². The lowest BCUT2D eigenvalue weighted by atomic mass is 10.0. The summed E-state index contributed by atoms with van der Waals surface area (Å²) in [5.74, 6) is -0.811. The molecule has 0 unspecified atom stereocenters. The van der Waals surface area contributed by atoms with Crippen molar-refractivity contribution in [3.8, 4) is 6.07 Å². The summed E-state index contributed by atoms with van der Waals surface area (Å²) in [6.07, 6.45) is -0.425. The average Bonchev–Trinajstić information content (AvgIpc) is 2.46. The van der Waals surface area contributed by atoms with Crippen molar-refractivity contribution in [1.82, 2.24) is 5.32 Å². The van der Waals surface area contributed by atoms with Gasteiger partial charge in [-0.3, -0.25) is 4.79 Å². The Morgan fingerprint density at radius 2 is 1.86 bits per heavy atom. The van der Waals surface area contributed by atoms with Gasteiger partial charge in [0.25, 0.3) is 5.91 Å². The molecule has 0 aliphatic heterocycles. The standard InChI is InChI=1S/C16H19ClN2O3/c1-10(2)8-14(16(21)22-11(3)9-18)19-15(20)12-4-6-13(17)7-5-12/h4-7,10-11,14H,8H2,1-3H3,(H,19,20)/t11-,14-/m0/s1. The van der Waals surface area contributed by atoms with Crippen molar-refractivity contribution in [3.05, 3.63) is 34.9 Å². The molecule has 2 atom stereocenters. The molecular formula is C16H19ClN2O3. The molecule has 0 fully saturated rings. The van der Waals surface area contributed by atoms with Gasteiger partial charge in [0.15, 0.2) is 6.10 Å². The van der Waals surface area contributed by atoms with Gasteiger partial charge in [0.1, 0.15) is 12.1 Å². The lowest BCUT2D eigenvalue weighted by Gasteiger charge is -2.20. The first kappa shape index (κ1) is 18.0. The highest BCUT2D eigenvalue weighted by molar-refractivity contribution is 6.30. The Kier molecular flexibility index (Phi) is 6.87. The number of benzene rings is 1. The van der Waals surface area contributed by atoms with Crippen molar-refractivity contribution in [3.63, 3.8) is 0 Å². The Hall–Kier alpha value is -2.06. The van der Waals surface area contributed by atoms with Gasteiger partial charge in [-0.1, -0.05) is 25.4 Å². The highest BCUT2D eigenvalue weighted by Gasteiger charge is 2.25. The molecule has 6 heteroatoms. The van der Waals surface area contributed by atoms with E-state index in [1.54, 1.807) is 24.3 Å². The van der Waals surface area contributed by atoms with Crippen LogP contribution in [0.15, 0.2) is 24.3 Å². The number of hydrogen-bond donors (Lipinski definition) is 1. The smallest absolute Gasteiger partial charge is 0.329 e. The summed E-state index contributed by atoms with van der Waals surface area (Å²) in [7, 11) is 0. The second-order valence-electron chi connectivity index (χ2n) is 5.37. The molecule has 1 aromatic rings. The summed E-state index contributed by atoms with van der Waals surface area (Å²) in [6, 6.07) is 7.39. The highest BCUT2D eigenvalue weighted by atomic mass is 35.5. The zero-order valence-corrected chi connectivity index (χ0v) is 13.6. The third-order valence-electron chi connectivity index (χ3n) is 2.88. The van der Waals surface area contributed by atoms with Gasteiger partial charge in [0.2, 0.25) is 0 Å². The molecule has 0 radical (unpaired) electrons. The molecule has 0 spiro atoms. The number of hydrogen-bond acceptors (Lipinski definition) is 4. The van der Waals surface area contributed by atoms with Crippen LogP contribution in [0.1, 0.15) is 37.6 Å². The summed E-state index contributed by atoms with van der Waals surface area (Å²) >= 11 is 5.78. The van der Waals surface area contributed by atoms with Crippen molar-refractivity contribution >= 4 is 23.5 Å². The number of nitriles is 1. The molecule has 0 bridgehead atoms. The van der Waals surface area contributed by atoms with Gasteiger partial charge in [-0.25, -0.2) is 4.79 Å². The summed E-state index contributed by atoms with van der Waals surface area (Å²) in [5.41, 5.74) is 0.402. The molecule has 0 aliphatic rings. The van der Waals surface area contributed by atoms with Crippen LogP contribution < -0.4 is 5.32 Å². The number of esters is 1. The maximum atomic E-state index is 12.2. The molecule has 0 aromatic heterocycles. The highest BCUT2D eigenvalue weighted by Crippen LogP contribution is 2.12. The van der Waals surface area contributed by atoms with E-state index < -0.39 is 18.1 Å². The van der Waals surface area contributed by atoms with Crippen LogP contribution >= 0.6 is 11.6 Å². The van der Waals surface area contributed by atoms with Gasteiger partial charge in [0.05, 0.1) is 0 Å². The van der Waals surface area contributed by atoms with E-state index in [1.807, 2.05) is 19.9 Å². The van der Waals surface area contributed by atoms with Crippen molar-refractivity contribution in [2.24, 2.45) is 5.92 Å². The Labute approximate surface area is 135 Å². The third kappa shape index (κ3) is 5.74. The van der Waals surface area contributed by atoms with Crippen LogP contribution in [0.2, 0.25) is 5.02 Å². The van der Waals surface area contributed by atoms with E-state index in [4.69, 9.17) is 21.6 Å². The Morgan fingerprint density at radius 3 is 2.36 bits per heavy atom. The normalized spacial score (nSPS) is 13.1. The number of nitrogens with one attached hydrogen (secondary N) is 1. The average molecular weight is 323 g/mol. The fraction of sp³-hybridized carbons (Fsp3) is 0.438. The first-order chi connectivity index (χ1) is 10.3. The molecule has 5 nitrogen and oxygen atoms in total. The predicted octanol–water partition coefficient (Wildman–Crippen LogP) is 2.94. The number of rotatable bonds is 6. The van der Waals surface area contributed by atoms with E-state index in [1.165, 1.54) is 6.92 Å². The second kappa shape index (κ2) is 8.40. The van der Waals surface area contributed by atoms with E-state index in [9.17, 15) is 9.59 Å². The number of ether oxygens (including phenoxy) is 1. The molecule has 22 heavy (non-hydrogen) atoms. The summed E-state index contributed by atoms with van der Waals surface area (Å²) in [6.45, 7) is 5.34. The topological polar surface area (TPSA) is 79.2 Å². The van der Waals surface area contributed by atoms with E-state index in [2.05, 4.69) is 5.32 Å². The maximum absolute atomic E-state index is 12.2. The lowest BCUT2D eigenvalue weighted by molar-refractivity contribution is -0.148. The largest absolute Gasteiger partial charge is 0.446 e. The van der Waals surface area contributed by atoms with Crippen molar-refractivity contribution in [1.29, 1.82) is 5.26 Å². The molecular weight excluding hydrogens is 304 g/mol.